The molecule has 1 aromatic heterocycles. The summed E-state index contributed by atoms with van der Waals surface area (Å²) in [6.07, 6.45) is 1.46. The topological polar surface area (TPSA) is 73.3 Å². The number of aromatic nitrogens is 2. The molecule has 0 saturated carbocycles. The van der Waals surface area contributed by atoms with Gasteiger partial charge in [-0.15, -0.1) is 0 Å². The molecule has 1 amide bonds. The van der Waals surface area contributed by atoms with Gasteiger partial charge in [-0.2, -0.15) is 4.98 Å². The largest absolute Gasteiger partial charge is 0.480 e. The Balaban J connectivity index is 1.72. The van der Waals surface area contributed by atoms with Gasteiger partial charge in [-0.25, -0.2) is 9.78 Å². The number of rotatable bonds is 5. The van der Waals surface area contributed by atoms with Gasteiger partial charge in [-0.3, -0.25) is 0 Å². The molecule has 124 valence electrons. The lowest BCUT2D eigenvalue weighted by atomic mass is 10.2. The minimum atomic E-state index is -0.479. The van der Waals surface area contributed by atoms with Crippen LogP contribution in [-0.2, 0) is 11.3 Å². The number of alkyl carbamates (subject to hydrolysis) is 1. The van der Waals surface area contributed by atoms with Gasteiger partial charge in [0.15, 0.2) is 0 Å². The van der Waals surface area contributed by atoms with Crippen molar-refractivity contribution in [1.29, 1.82) is 0 Å². The minimum Gasteiger partial charge on any atom is -0.480 e. The van der Waals surface area contributed by atoms with Crippen molar-refractivity contribution >= 4 is 17.7 Å². The minimum absolute atomic E-state index is 0.0974. The Morgan fingerprint density at radius 1 is 1.33 bits per heavy atom. The summed E-state index contributed by atoms with van der Waals surface area (Å²) in [7, 11) is 1.48. The monoisotopic (exact) mass is 345 g/mol. The van der Waals surface area contributed by atoms with E-state index in [1.165, 1.54) is 13.3 Å². The fourth-order valence-electron chi connectivity index (χ4n) is 1.75. The Labute approximate surface area is 145 Å². The Morgan fingerprint density at radius 2 is 2.12 bits per heavy atom. The summed E-state index contributed by atoms with van der Waals surface area (Å²) in [5.74, 6) is 6.09. The number of carbonyl (C=O) groups excluding carboxylic acids is 1. The highest BCUT2D eigenvalue weighted by atomic mass is 35.5. The summed E-state index contributed by atoms with van der Waals surface area (Å²) in [6.45, 7) is 0.606. The van der Waals surface area contributed by atoms with Crippen LogP contribution in [0.2, 0.25) is 5.28 Å². The molecule has 7 heteroatoms. The number of ether oxygens (including phenoxy) is 2. The zero-order valence-corrected chi connectivity index (χ0v) is 13.8. The van der Waals surface area contributed by atoms with Crippen molar-refractivity contribution in [2.75, 3.05) is 13.7 Å². The molecular formula is C17H16ClN3O3. The maximum Gasteiger partial charge on any atom is 0.407 e. The highest BCUT2D eigenvalue weighted by Crippen LogP contribution is 2.14. The Morgan fingerprint density at radius 3 is 2.88 bits per heavy atom. The van der Waals surface area contributed by atoms with Crippen LogP contribution in [0.3, 0.4) is 0 Å². The lowest BCUT2D eigenvalue weighted by Crippen LogP contribution is -2.24. The Bertz CT molecular complexity index is 742. The highest BCUT2D eigenvalue weighted by Gasteiger charge is 2.04. The van der Waals surface area contributed by atoms with Crippen molar-refractivity contribution in [3.63, 3.8) is 0 Å². The van der Waals surface area contributed by atoms with Crippen LogP contribution in [0.25, 0.3) is 0 Å². The number of methoxy groups -OCH3 is 1. The van der Waals surface area contributed by atoms with E-state index in [-0.39, 0.29) is 11.9 Å². The number of nitrogens with zero attached hydrogens (tertiary/aromatic N) is 2. The van der Waals surface area contributed by atoms with Crippen LogP contribution in [0.15, 0.2) is 36.5 Å². The van der Waals surface area contributed by atoms with E-state index in [0.29, 0.717) is 24.4 Å². The van der Waals surface area contributed by atoms with Crippen LogP contribution in [-0.4, -0.2) is 29.7 Å². The zero-order chi connectivity index (χ0) is 17.2. The Kier molecular flexibility index (Phi) is 6.87. The molecule has 0 fully saturated rings. The number of halogens is 1. The second kappa shape index (κ2) is 9.38. The molecule has 2 aromatic rings. The fraction of sp³-hybridized carbons (Fsp3) is 0.235. The second-order valence-electron chi connectivity index (χ2n) is 4.60. The summed E-state index contributed by atoms with van der Waals surface area (Å²) in [4.78, 5) is 19.3. The zero-order valence-electron chi connectivity index (χ0n) is 13.1. The van der Waals surface area contributed by atoms with Crippen molar-refractivity contribution in [3.8, 4) is 17.7 Å². The molecule has 6 nitrogen and oxygen atoms in total. The van der Waals surface area contributed by atoms with E-state index >= 15 is 0 Å². The van der Waals surface area contributed by atoms with E-state index in [1.54, 1.807) is 0 Å². The van der Waals surface area contributed by atoms with Gasteiger partial charge in [-0.05, 0) is 17.2 Å². The molecule has 1 heterocycles. The molecule has 0 saturated heterocycles. The molecular weight excluding hydrogens is 330 g/mol. The first kappa shape index (κ1) is 17.6. The van der Waals surface area contributed by atoms with Crippen LogP contribution >= 0.6 is 11.6 Å². The first-order valence-electron chi connectivity index (χ1n) is 7.19. The molecule has 0 aliphatic carbocycles. The van der Waals surface area contributed by atoms with Crippen LogP contribution in [0, 0.1) is 11.8 Å². The molecule has 0 atom stereocenters. The van der Waals surface area contributed by atoms with E-state index in [1.807, 2.05) is 30.3 Å². The summed E-state index contributed by atoms with van der Waals surface area (Å²) >= 11 is 5.68. The molecule has 0 bridgehead atoms. The molecule has 1 N–H and O–H groups in total. The van der Waals surface area contributed by atoms with E-state index in [9.17, 15) is 4.79 Å². The quantitative estimate of drug-likeness (QED) is 0.512. The number of benzene rings is 1. The van der Waals surface area contributed by atoms with Crippen molar-refractivity contribution in [2.45, 2.75) is 13.0 Å². The molecule has 0 unspecified atom stereocenters. The number of hydrogen-bond acceptors (Lipinski definition) is 5. The average Bonchev–Trinajstić information content (AvgIpc) is 2.61. The fourth-order valence-corrected chi connectivity index (χ4v) is 1.87. The van der Waals surface area contributed by atoms with Gasteiger partial charge >= 0.3 is 6.09 Å². The van der Waals surface area contributed by atoms with E-state index < -0.39 is 6.09 Å². The lowest BCUT2D eigenvalue weighted by molar-refractivity contribution is 0.140. The van der Waals surface area contributed by atoms with Gasteiger partial charge in [0, 0.05) is 13.0 Å². The SMILES string of the molecule is COc1nc(Cl)ncc1C#CCCNC(=O)OCc1ccccc1. The van der Waals surface area contributed by atoms with E-state index in [2.05, 4.69) is 27.1 Å². The summed E-state index contributed by atoms with van der Waals surface area (Å²) in [5.41, 5.74) is 1.47. The number of nitrogens with one attached hydrogen (secondary N) is 1. The first-order valence-corrected chi connectivity index (χ1v) is 7.57. The molecule has 0 aliphatic heterocycles. The average molecular weight is 346 g/mol. The lowest BCUT2D eigenvalue weighted by Gasteiger charge is -2.05. The third-order valence-electron chi connectivity index (χ3n) is 2.87. The Hall–Kier alpha value is -2.78. The maximum absolute atomic E-state index is 11.6. The van der Waals surface area contributed by atoms with Gasteiger partial charge < -0.3 is 14.8 Å². The standard InChI is InChI=1S/C17H16ClN3O3/c1-23-15-14(11-20-16(18)21-15)9-5-6-10-19-17(22)24-12-13-7-3-2-4-8-13/h2-4,7-8,11H,6,10,12H2,1H3,(H,19,22). The summed E-state index contributed by atoms with van der Waals surface area (Å²) in [6, 6.07) is 9.46. The van der Waals surface area contributed by atoms with Gasteiger partial charge in [0.25, 0.3) is 0 Å². The van der Waals surface area contributed by atoms with Crippen molar-refractivity contribution in [2.24, 2.45) is 0 Å². The number of hydrogen-bond donors (Lipinski definition) is 1. The van der Waals surface area contributed by atoms with Crippen LogP contribution in [0.5, 0.6) is 5.88 Å². The first-order chi connectivity index (χ1) is 11.7. The molecule has 24 heavy (non-hydrogen) atoms. The number of amides is 1. The van der Waals surface area contributed by atoms with Crippen LogP contribution < -0.4 is 10.1 Å². The van der Waals surface area contributed by atoms with Crippen LogP contribution in [0.4, 0.5) is 4.79 Å². The normalized spacial score (nSPS) is 9.58. The molecule has 0 radical (unpaired) electrons. The van der Waals surface area contributed by atoms with E-state index in [4.69, 9.17) is 21.1 Å². The summed E-state index contributed by atoms with van der Waals surface area (Å²) in [5, 5.41) is 2.73. The molecule has 1 aromatic carbocycles. The number of carbonyl (C=O) groups is 1. The third-order valence-corrected chi connectivity index (χ3v) is 3.05. The predicted molar refractivity (Wildman–Crippen MR) is 89.7 cm³/mol. The van der Waals surface area contributed by atoms with Gasteiger partial charge in [0.2, 0.25) is 11.2 Å². The molecule has 0 aliphatic rings. The third kappa shape index (κ3) is 5.78. The van der Waals surface area contributed by atoms with Gasteiger partial charge in [0.1, 0.15) is 12.2 Å². The highest BCUT2D eigenvalue weighted by molar-refractivity contribution is 6.28. The maximum atomic E-state index is 11.6. The molecule has 2 rings (SSSR count). The van der Waals surface area contributed by atoms with Gasteiger partial charge in [0.05, 0.1) is 13.3 Å². The van der Waals surface area contributed by atoms with Gasteiger partial charge in [-0.1, -0.05) is 42.2 Å². The van der Waals surface area contributed by atoms with Crippen molar-refractivity contribution in [1.82, 2.24) is 15.3 Å². The van der Waals surface area contributed by atoms with Crippen molar-refractivity contribution < 1.29 is 14.3 Å². The molecule has 0 spiro atoms. The predicted octanol–water partition coefficient (Wildman–Crippen LogP) is 2.81. The van der Waals surface area contributed by atoms with Crippen molar-refractivity contribution in [3.05, 3.63) is 52.9 Å². The van der Waals surface area contributed by atoms with E-state index in [0.717, 1.165) is 5.56 Å². The second-order valence-corrected chi connectivity index (χ2v) is 4.94. The van der Waals surface area contributed by atoms with Crippen LogP contribution in [0.1, 0.15) is 17.5 Å². The summed E-state index contributed by atoms with van der Waals surface area (Å²) < 4.78 is 10.2. The smallest absolute Gasteiger partial charge is 0.407 e.